The summed E-state index contributed by atoms with van der Waals surface area (Å²) in [6.07, 6.45) is 0. The fraction of sp³-hybridized carbons (Fsp3) is 0.0870. The maximum Gasteiger partial charge on any atom is 0.337 e. The molecule has 0 spiro atoms. The number of carbonyl (C=O) groups is 3. The fourth-order valence-corrected chi connectivity index (χ4v) is 2.74. The minimum absolute atomic E-state index is 0.0333. The van der Waals surface area contributed by atoms with E-state index < -0.39 is 5.97 Å². The number of esters is 1. The third-order valence-corrected chi connectivity index (χ3v) is 4.23. The van der Waals surface area contributed by atoms with Gasteiger partial charge in [-0.1, -0.05) is 30.3 Å². The normalized spacial score (nSPS) is 10.0. The molecule has 7 heteroatoms. The highest BCUT2D eigenvalue weighted by Gasteiger charge is 2.12. The molecular formula is C23H21N3O4. The largest absolute Gasteiger partial charge is 0.465 e. The average Bonchev–Trinajstić information content (AvgIpc) is 2.78. The summed E-state index contributed by atoms with van der Waals surface area (Å²) < 4.78 is 4.64. The first-order chi connectivity index (χ1) is 14.6. The topological polar surface area (TPSA) is 96.5 Å². The molecule has 0 aliphatic carbocycles. The molecule has 0 bridgehead atoms. The number of hydrogen-bond acceptors (Lipinski definition) is 5. The van der Waals surface area contributed by atoms with E-state index in [2.05, 4.69) is 20.7 Å². The van der Waals surface area contributed by atoms with Crippen molar-refractivity contribution >= 4 is 34.8 Å². The molecule has 3 N–H and O–H groups in total. The number of nitrogens with one attached hydrogen (secondary N) is 3. The van der Waals surface area contributed by atoms with Crippen molar-refractivity contribution in [1.82, 2.24) is 0 Å². The lowest BCUT2D eigenvalue weighted by molar-refractivity contribution is -0.114. The van der Waals surface area contributed by atoms with Crippen LogP contribution in [0.15, 0.2) is 78.9 Å². The van der Waals surface area contributed by atoms with Gasteiger partial charge in [0.15, 0.2) is 0 Å². The number of amides is 2. The SMILES string of the molecule is COC(=O)c1ccc(NC(=O)CNc2ccccc2C(=O)Nc2ccccc2)cc1. The highest BCUT2D eigenvalue weighted by atomic mass is 16.5. The predicted molar refractivity (Wildman–Crippen MR) is 116 cm³/mol. The van der Waals surface area contributed by atoms with Crippen molar-refractivity contribution in [3.63, 3.8) is 0 Å². The van der Waals surface area contributed by atoms with Crippen LogP contribution in [0.2, 0.25) is 0 Å². The van der Waals surface area contributed by atoms with Crippen molar-refractivity contribution in [2.45, 2.75) is 0 Å². The van der Waals surface area contributed by atoms with E-state index in [4.69, 9.17) is 0 Å². The molecule has 0 aliphatic rings. The second-order valence-electron chi connectivity index (χ2n) is 6.34. The van der Waals surface area contributed by atoms with Gasteiger partial charge in [-0.15, -0.1) is 0 Å². The first kappa shape index (κ1) is 20.6. The Kier molecular flexibility index (Phi) is 6.78. The van der Waals surface area contributed by atoms with Crippen LogP contribution in [0.1, 0.15) is 20.7 Å². The van der Waals surface area contributed by atoms with Crippen molar-refractivity contribution in [2.24, 2.45) is 0 Å². The maximum atomic E-state index is 12.6. The van der Waals surface area contributed by atoms with Crippen LogP contribution in [0.4, 0.5) is 17.1 Å². The monoisotopic (exact) mass is 403 g/mol. The molecule has 7 nitrogen and oxygen atoms in total. The Labute approximate surface area is 174 Å². The minimum Gasteiger partial charge on any atom is -0.465 e. The number of carbonyl (C=O) groups excluding carboxylic acids is 3. The van der Waals surface area contributed by atoms with Gasteiger partial charge in [0.1, 0.15) is 0 Å². The highest BCUT2D eigenvalue weighted by Crippen LogP contribution is 2.17. The number of methoxy groups -OCH3 is 1. The molecular weight excluding hydrogens is 382 g/mol. The van der Waals surface area contributed by atoms with E-state index in [-0.39, 0.29) is 18.4 Å². The van der Waals surface area contributed by atoms with Gasteiger partial charge in [0.25, 0.3) is 5.91 Å². The van der Waals surface area contributed by atoms with Gasteiger partial charge in [-0.3, -0.25) is 9.59 Å². The van der Waals surface area contributed by atoms with Crippen LogP contribution in [-0.4, -0.2) is 31.4 Å². The van der Waals surface area contributed by atoms with Gasteiger partial charge in [0, 0.05) is 17.1 Å². The van der Waals surface area contributed by atoms with Crippen molar-refractivity contribution in [3.8, 4) is 0 Å². The molecule has 0 aromatic heterocycles. The lowest BCUT2D eigenvalue weighted by Crippen LogP contribution is -2.23. The summed E-state index contributed by atoms with van der Waals surface area (Å²) in [7, 11) is 1.31. The van der Waals surface area contributed by atoms with E-state index in [0.29, 0.717) is 28.2 Å². The number of benzene rings is 3. The molecule has 0 heterocycles. The number of para-hydroxylation sites is 2. The standard InChI is InChI=1S/C23H21N3O4/c1-30-23(29)16-11-13-18(14-12-16)25-21(27)15-24-20-10-6-5-9-19(20)22(28)26-17-7-3-2-4-8-17/h2-14,24H,15H2,1H3,(H,25,27)(H,26,28). The van der Waals surface area contributed by atoms with Gasteiger partial charge in [-0.2, -0.15) is 0 Å². The molecule has 0 fully saturated rings. The lowest BCUT2D eigenvalue weighted by Gasteiger charge is -2.12. The van der Waals surface area contributed by atoms with Crippen molar-refractivity contribution < 1.29 is 19.1 Å². The van der Waals surface area contributed by atoms with Gasteiger partial charge in [-0.05, 0) is 48.5 Å². The molecule has 30 heavy (non-hydrogen) atoms. The molecule has 2 amide bonds. The van der Waals surface area contributed by atoms with E-state index in [0.717, 1.165) is 0 Å². The summed E-state index contributed by atoms with van der Waals surface area (Å²) in [6, 6.07) is 22.5. The Balaban J connectivity index is 1.60. The van der Waals surface area contributed by atoms with Gasteiger partial charge in [0.05, 0.1) is 24.8 Å². The third kappa shape index (κ3) is 5.45. The molecule has 0 aliphatic heterocycles. The zero-order chi connectivity index (χ0) is 21.3. The molecule has 152 valence electrons. The van der Waals surface area contributed by atoms with Crippen LogP contribution >= 0.6 is 0 Å². The van der Waals surface area contributed by atoms with Gasteiger partial charge >= 0.3 is 5.97 Å². The van der Waals surface area contributed by atoms with Crippen LogP contribution in [0.5, 0.6) is 0 Å². The quantitative estimate of drug-likeness (QED) is 0.522. The lowest BCUT2D eigenvalue weighted by atomic mass is 10.1. The molecule has 3 rings (SSSR count). The highest BCUT2D eigenvalue weighted by molar-refractivity contribution is 6.08. The molecule has 0 radical (unpaired) electrons. The van der Waals surface area contributed by atoms with Crippen LogP contribution in [0.3, 0.4) is 0 Å². The molecule has 3 aromatic rings. The minimum atomic E-state index is -0.445. The second-order valence-corrected chi connectivity index (χ2v) is 6.34. The Hall–Kier alpha value is -4.13. The van der Waals surface area contributed by atoms with Crippen LogP contribution in [0, 0.1) is 0 Å². The van der Waals surface area contributed by atoms with E-state index in [1.54, 1.807) is 60.7 Å². The van der Waals surface area contributed by atoms with E-state index >= 15 is 0 Å². The van der Waals surface area contributed by atoms with Crippen LogP contribution < -0.4 is 16.0 Å². The number of rotatable bonds is 7. The zero-order valence-electron chi connectivity index (χ0n) is 16.3. The average molecular weight is 403 g/mol. The molecule has 0 atom stereocenters. The van der Waals surface area contributed by atoms with E-state index in [9.17, 15) is 14.4 Å². The first-order valence-electron chi connectivity index (χ1n) is 9.24. The maximum absolute atomic E-state index is 12.6. The van der Waals surface area contributed by atoms with Gasteiger partial charge in [-0.25, -0.2) is 4.79 Å². The smallest absolute Gasteiger partial charge is 0.337 e. The summed E-state index contributed by atoms with van der Waals surface area (Å²) >= 11 is 0. The Bertz CT molecular complexity index is 1030. The summed E-state index contributed by atoms with van der Waals surface area (Å²) in [6.45, 7) is -0.0333. The fourth-order valence-electron chi connectivity index (χ4n) is 2.74. The van der Waals surface area contributed by atoms with Gasteiger partial charge in [0.2, 0.25) is 5.91 Å². The first-order valence-corrected chi connectivity index (χ1v) is 9.24. The number of ether oxygens (including phenoxy) is 1. The van der Waals surface area contributed by atoms with Crippen molar-refractivity contribution in [1.29, 1.82) is 0 Å². The van der Waals surface area contributed by atoms with Crippen LogP contribution in [-0.2, 0) is 9.53 Å². The Morgan fingerprint density at radius 1 is 0.767 bits per heavy atom. The summed E-state index contributed by atoms with van der Waals surface area (Å²) in [5, 5.41) is 8.55. The molecule has 0 saturated carbocycles. The molecule has 0 unspecified atom stereocenters. The predicted octanol–water partition coefficient (Wildman–Crippen LogP) is 3.78. The van der Waals surface area contributed by atoms with Crippen molar-refractivity contribution in [3.05, 3.63) is 90.0 Å². The zero-order valence-corrected chi connectivity index (χ0v) is 16.3. The summed E-state index contributed by atoms with van der Waals surface area (Å²) in [5.74, 6) is -1.01. The van der Waals surface area contributed by atoms with Gasteiger partial charge < -0.3 is 20.7 Å². The number of anilines is 3. The second kappa shape index (κ2) is 9.88. The summed E-state index contributed by atoms with van der Waals surface area (Å²) in [4.78, 5) is 36.3. The third-order valence-electron chi connectivity index (χ3n) is 4.23. The molecule has 0 saturated heterocycles. The summed E-state index contributed by atoms with van der Waals surface area (Å²) in [5.41, 5.74) is 2.60. The molecule has 3 aromatic carbocycles. The van der Waals surface area contributed by atoms with E-state index in [1.165, 1.54) is 7.11 Å². The van der Waals surface area contributed by atoms with Crippen LogP contribution in [0.25, 0.3) is 0 Å². The van der Waals surface area contributed by atoms with Crippen molar-refractivity contribution in [2.75, 3.05) is 29.6 Å². The van der Waals surface area contributed by atoms with E-state index in [1.807, 2.05) is 18.2 Å². The Morgan fingerprint density at radius 2 is 1.40 bits per heavy atom. The Morgan fingerprint density at radius 3 is 2.10 bits per heavy atom. The number of hydrogen-bond donors (Lipinski definition) is 3.